The highest BCUT2D eigenvalue weighted by Gasteiger charge is 2.20. The maximum absolute atomic E-state index is 13.7. The molecule has 0 saturated carbocycles. The number of pyridine rings is 1. The van der Waals surface area contributed by atoms with Crippen molar-refractivity contribution in [1.82, 2.24) is 32.9 Å². The molecule has 9 rings (SSSR count). The molecular weight excluding hydrogens is 526 g/mol. The number of hydrogen-bond donors (Lipinski definition) is 0. The third kappa shape index (κ3) is 2.93. The minimum absolute atomic E-state index is 0.139. The molecule has 0 radical (unpaired) electrons. The average Bonchev–Trinajstić information content (AvgIpc) is 3.54. The quantitative estimate of drug-likeness (QED) is 0.294. The fourth-order valence-electron chi connectivity index (χ4n) is 5.99. The Bertz CT molecular complexity index is 2510. The number of hydrogen-bond acceptors (Lipinski definition) is 5. The summed E-state index contributed by atoms with van der Waals surface area (Å²) >= 11 is 0. The molecule has 0 aliphatic carbocycles. The summed E-state index contributed by atoms with van der Waals surface area (Å²) < 4.78 is 7.07. The Hall–Kier alpha value is -6.09. The molecule has 0 atom stereocenters. The molecule has 0 amide bonds. The SMILES string of the molecule is O=c1c2ccccc2nc2n(-c3cccc(-n4c5ccccc5n5c(=O)c6ccccc6nc45)n3)c3ccccc3n12. The van der Waals surface area contributed by atoms with Crippen molar-refractivity contribution in [2.75, 3.05) is 0 Å². The highest BCUT2D eigenvalue weighted by Crippen LogP contribution is 2.27. The molecule has 9 aromatic rings. The van der Waals surface area contributed by atoms with E-state index in [4.69, 9.17) is 15.0 Å². The molecule has 9 heteroatoms. The van der Waals surface area contributed by atoms with Crippen LogP contribution in [0, 0.1) is 0 Å². The average molecular weight is 546 g/mol. The number of aromatic nitrogens is 7. The zero-order valence-electron chi connectivity index (χ0n) is 21.9. The van der Waals surface area contributed by atoms with Crippen LogP contribution in [0.4, 0.5) is 0 Å². The van der Waals surface area contributed by atoms with Crippen LogP contribution in [0.5, 0.6) is 0 Å². The van der Waals surface area contributed by atoms with Gasteiger partial charge < -0.3 is 0 Å². The molecular formula is C33H19N7O2. The maximum atomic E-state index is 13.7. The topological polar surface area (TPSA) is 91.5 Å². The van der Waals surface area contributed by atoms with Gasteiger partial charge in [0, 0.05) is 0 Å². The van der Waals surface area contributed by atoms with E-state index in [1.807, 2.05) is 112 Å². The molecule has 0 aliphatic rings. The zero-order valence-corrected chi connectivity index (χ0v) is 21.9. The first-order chi connectivity index (χ1) is 20.7. The molecule has 4 aromatic carbocycles. The summed E-state index contributed by atoms with van der Waals surface area (Å²) in [6.45, 7) is 0. The van der Waals surface area contributed by atoms with Gasteiger partial charge in [0.2, 0.25) is 11.6 Å². The highest BCUT2D eigenvalue weighted by atomic mass is 16.1. The Labute approximate surface area is 235 Å². The van der Waals surface area contributed by atoms with E-state index in [-0.39, 0.29) is 11.1 Å². The highest BCUT2D eigenvalue weighted by molar-refractivity contribution is 5.89. The molecule has 0 fully saturated rings. The van der Waals surface area contributed by atoms with E-state index in [1.54, 1.807) is 20.9 Å². The van der Waals surface area contributed by atoms with Crippen LogP contribution >= 0.6 is 0 Å². The lowest BCUT2D eigenvalue weighted by molar-refractivity contribution is 0.961. The van der Waals surface area contributed by atoms with Crippen molar-refractivity contribution in [2.24, 2.45) is 0 Å². The van der Waals surface area contributed by atoms with Gasteiger partial charge in [-0.3, -0.25) is 18.7 Å². The third-order valence-corrected chi connectivity index (χ3v) is 7.82. The summed E-state index contributed by atoms with van der Waals surface area (Å²) in [5.74, 6) is 2.08. The van der Waals surface area contributed by atoms with Gasteiger partial charge in [-0.2, -0.15) is 0 Å². The van der Waals surface area contributed by atoms with Gasteiger partial charge >= 0.3 is 0 Å². The van der Waals surface area contributed by atoms with E-state index >= 15 is 0 Å². The van der Waals surface area contributed by atoms with Crippen molar-refractivity contribution in [3.05, 3.63) is 136 Å². The minimum atomic E-state index is -0.139. The molecule has 0 unspecified atom stereocenters. The van der Waals surface area contributed by atoms with Crippen molar-refractivity contribution >= 4 is 55.4 Å². The molecule has 0 aliphatic heterocycles. The lowest BCUT2D eigenvalue weighted by atomic mass is 10.2. The van der Waals surface area contributed by atoms with E-state index in [9.17, 15) is 9.59 Å². The number of fused-ring (bicyclic) bond motifs is 8. The molecule has 9 nitrogen and oxygen atoms in total. The second-order valence-corrected chi connectivity index (χ2v) is 10.1. The second kappa shape index (κ2) is 8.21. The molecule has 5 aromatic heterocycles. The summed E-state index contributed by atoms with van der Waals surface area (Å²) in [6.07, 6.45) is 0. The predicted molar refractivity (Wildman–Crippen MR) is 163 cm³/mol. The Morgan fingerprint density at radius 2 is 0.810 bits per heavy atom. The molecule has 42 heavy (non-hydrogen) atoms. The largest absolute Gasteiger partial charge is 0.268 e. The third-order valence-electron chi connectivity index (χ3n) is 7.82. The summed E-state index contributed by atoms with van der Waals surface area (Å²) in [5.41, 5.74) is 4.01. The van der Waals surface area contributed by atoms with Crippen molar-refractivity contribution in [2.45, 2.75) is 0 Å². The first-order valence-corrected chi connectivity index (χ1v) is 13.5. The Morgan fingerprint density at radius 1 is 0.405 bits per heavy atom. The fraction of sp³-hybridized carbons (Fsp3) is 0. The van der Waals surface area contributed by atoms with E-state index in [1.165, 1.54) is 0 Å². The van der Waals surface area contributed by atoms with Crippen LogP contribution in [0.3, 0.4) is 0 Å². The minimum Gasteiger partial charge on any atom is -0.268 e. The van der Waals surface area contributed by atoms with E-state index < -0.39 is 0 Å². The number of para-hydroxylation sites is 6. The standard InChI is InChI=1S/C33H19N7O2/c41-30-20-10-1-3-12-22(20)34-32-37(24-14-5-7-16-26(24)39(30)32)28-18-9-19-29(36-28)38-25-15-6-8-17-27(25)40-31(42)21-11-2-4-13-23(21)35-33(38)40/h1-19H. The number of imidazole rings is 2. The Kier molecular flexibility index (Phi) is 4.44. The van der Waals surface area contributed by atoms with Crippen LogP contribution in [0.15, 0.2) is 125 Å². The van der Waals surface area contributed by atoms with Crippen LogP contribution < -0.4 is 11.1 Å². The van der Waals surface area contributed by atoms with Crippen molar-refractivity contribution < 1.29 is 0 Å². The van der Waals surface area contributed by atoms with E-state index in [0.29, 0.717) is 45.0 Å². The zero-order chi connectivity index (χ0) is 27.9. The number of nitrogens with zero attached hydrogens (tertiary/aromatic N) is 7. The summed E-state index contributed by atoms with van der Waals surface area (Å²) in [5, 5.41) is 1.10. The summed E-state index contributed by atoms with van der Waals surface area (Å²) in [4.78, 5) is 42.3. The maximum Gasteiger partial charge on any atom is 0.267 e. The normalized spacial score (nSPS) is 12.0. The van der Waals surface area contributed by atoms with Crippen LogP contribution in [-0.2, 0) is 0 Å². The smallest absolute Gasteiger partial charge is 0.267 e. The van der Waals surface area contributed by atoms with Gasteiger partial charge in [0.25, 0.3) is 11.1 Å². The molecule has 5 heterocycles. The number of benzene rings is 4. The predicted octanol–water partition coefficient (Wildman–Crippen LogP) is 5.29. The van der Waals surface area contributed by atoms with Gasteiger partial charge in [0.05, 0.1) is 43.9 Å². The summed E-state index contributed by atoms with van der Waals surface area (Å²) in [7, 11) is 0. The monoisotopic (exact) mass is 545 g/mol. The van der Waals surface area contributed by atoms with Crippen LogP contribution in [0.2, 0.25) is 0 Å². The molecule has 0 saturated heterocycles. The van der Waals surface area contributed by atoms with Gasteiger partial charge in [-0.15, -0.1) is 0 Å². The van der Waals surface area contributed by atoms with Crippen LogP contribution in [0.25, 0.3) is 67.1 Å². The van der Waals surface area contributed by atoms with Crippen molar-refractivity contribution in [3.63, 3.8) is 0 Å². The Morgan fingerprint density at radius 3 is 1.29 bits per heavy atom. The van der Waals surface area contributed by atoms with Gasteiger partial charge in [0.15, 0.2) is 0 Å². The Balaban J connectivity index is 1.39. The molecule has 198 valence electrons. The second-order valence-electron chi connectivity index (χ2n) is 10.1. The molecule has 0 bridgehead atoms. The van der Waals surface area contributed by atoms with Crippen LogP contribution in [0.1, 0.15) is 0 Å². The van der Waals surface area contributed by atoms with Crippen molar-refractivity contribution in [1.29, 1.82) is 0 Å². The number of rotatable bonds is 2. The lowest BCUT2D eigenvalue weighted by Crippen LogP contribution is -2.16. The lowest BCUT2D eigenvalue weighted by Gasteiger charge is -2.10. The van der Waals surface area contributed by atoms with E-state index in [0.717, 1.165) is 22.1 Å². The summed E-state index contributed by atoms with van der Waals surface area (Å²) in [6, 6.07) is 35.8. The van der Waals surface area contributed by atoms with E-state index in [2.05, 4.69) is 0 Å². The fourth-order valence-corrected chi connectivity index (χ4v) is 5.99. The molecule has 0 N–H and O–H groups in total. The van der Waals surface area contributed by atoms with Gasteiger partial charge in [0.1, 0.15) is 11.6 Å². The van der Waals surface area contributed by atoms with Gasteiger partial charge in [-0.05, 0) is 60.7 Å². The first-order valence-electron chi connectivity index (χ1n) is 13.5. The first kappa shape index (κ1) is 22.7. The van der Waals surface area contributed by atoms with Crippen molar-refractivity contribution in [3.8, 4) is 11.6 Å². The van der Waals surface area contributed by atoms with Gasteiger partial charge in [-0.25, -0.2) is 23.8 Å². The van der Waals surface area contributed by atoms with Crippen LogP contribution in [-0.4, -0.2) is 32.9 Å². The molecule has 0 spiro atoms. The van der Waals surface area contributed by atoms with Gasteiger partial charge in [-0.1, -0.05) is 54.6 Å².